The van der Waals surface area contributed by atoms with E-state index >= 15 is 0 Å². The van der Waals surface area contributed by atoms with Crippen LogP contribution >= 0.6 is 22.9 Å². The van der Waals surface area contributed by atoms with Gasteiger partial charge in [-0.2, -0.15) is 0 Å². The molecule has 1 aromatic heterocycles. The van der Waals surface area contributed by atoms with E-state index in [4.69, 9.17) is 11.6 Å². The second-order valence-electron chi connectivity index (χ2n) is 10.3. The number of likely N-dealkylation sites (tertiary alicyclic amines) is 1. The number of aromatic nitrogens is 1. The van der Waals surface area contributed by atoms with Crippen molar-refractivity contribution in [2.45, 2.75) is 59.2 Å². The summed E-state index contributed by atoms with van der Waals surface area (Å²) < 4.78 is 0. The topological polar surface area (TPSA) is 82.6 Å². The lowest BCUT2D eigenvalue weighted by atomic mass is 10.00. The minimum absolute atomic E-state index is 0.152. The van der Waals surface area contributed by atoms with Crippen LogP contribution in [-0.4, -0.2) is 57.7 Å². The third-order valence-corrected chi connectivity index (χ3v) is 8.43. The molecule has 1 N–H and O–H groups in total. The van der Waals surface area contributed by atoms with Gasteiger partial charge in [0.05, 0.1) is 21.7 Å². The normalized spacial score (nSPS) is 18.5. The van der Waals surface area contributed by atoms with E-state index in [1.165, 1.54) is 0 Å². The number of hydrogen-bond donors (Lipinski definition) is 1. The predicted octanol–water partition coefficient (Wildman–Crippen LogP) is 5.22. The highest BCUT2D eigenvalue weighted by atomic mass is 35.5. The van der Waals surface area contributed by atoms with Gasteiger partial charge in [0.2, 0.25) is 11.8 Å². The first-order valence-electron chi connectivity index (χ1n) is 13.2. The summed E-state index contributed by atoms with van der Waals surface area (Å²) in [7, 11) is 0. The van der Waals surface area contributed by atoms with Gasteiger partial charge < -0.3 is 15.1 Å². The van der Waals surface area contributed by atoms with Crippen LogP contribution in [0.1, 0.15) is 44.9 Å². The van der Waals surface area contributed by atoms with Crippen molar-refractivity contribution in [3.63, 3.8) is 0 Å². The second kappa shape index (κ2) is 12.3. The van der Waals surface area contributed by atoms with Crippen molar-refractivity contribution < 1.29 is 14.4 Å². The summed E-state index contributed by atoms with van der Waals surface area (Å²) in [5.41, 5.74) is 6.00. The smallest absolute Gasteiger partial charge is 0.256 e. The van der Waals surface area contributed by atoms with Crippen molar-refractivity contribution in [3.05, 3.63) is 75.9 Å². The van der Waals surface area contributed by atoms with Gasteiger partial charge in [-0.3, -0.25) is 14.4 Å². The highest BCUT2D eigenvalue weighted by Crippen LogP contribution is 2.32. The summed E-state index contributed by atoms with van der Waals surface area (Å²) >= 11 is 7.78. The van der Waals surface area contributed by atoms with Crippen molar-refractivity contribution in [1.82, 2.24) is 20.1 Å². The first kappa shape index (κ1) is 28.8. The SMILES string of the molecule is C=C(Cl)C1=C(/C=C\C)CN(C(C(=O)N2CCCC2C(=O)NCc2ccc(-c3scnc3C)cc2)C(C)C)C1=O. The fourth-order valence-electron chi connectivity index (χ4n) is 5.38. The first-order chi connectivity index (χ1) is 18.6. The molecule has 0 radical (unpaired) electrons. The number of aryl methyl sites for hydroxylation is 1. The Balaban J connectivity index is 1.44. The molecular formula is C30H35ClN4O3S. The summed E-state index contributed by atoms with van der Waals surface area (Å²) in [5.74, 6) is -0.837. The monoisotopic (exact) mass is 566 g/mol. The number of hydrogen-bond acceptors (Lipinski definition) is 5. The maximum absolute atomic E-state index is 13.9. The Morgan fingerprint density at radius 1 is 1.28 bits per heavy atom. The molecule has 0 bridgehead atoms. The summed E-state index contributed by atoms with van der Waals surface area (Å²) in [6.45, 7) is 12.6. The highest BCUT2D eigenvalue weighted by molar-refractivity contribution is 7.13. The lowest BCUT2D eigenvalue weighted by Crippen LogP contribution is -2.56. The summed E-state index contributed by atoms with van der Waals surface area (Å²) in [4.78, 5) is 49.1. The molecule has 9 heteroatoms. The molecule has 1 saturated heterocycles. The van der Waals surface area contributed by atoms with Crippen molar-refractivity contribution >= 4 is 40.7 Å². The Bertz CT molecular complexity index is 1330. The molecule has 4 rings (SSSR count). The fourth-order valence-corrected chi connectivity index (χ4v) is 6.39. The van der Waals surface area contributed by atoms with Gasteiger partial charge in [-0.15, -0.1) is 11.3 Å². The van der Waals surface area contributed by atoms with Crippen LogP contribution in [0.3, 0.4) is 0 Å². The van der Waals surface area contributed by atoms with E-state index in [9.17, 15) is 14.4 Å². The molecule has 1 aromatic carbocycles. The van der Waals surface area contributed by atoms with Gasteiger partial charge >= 0.3 is 0 Å². The highest BCUT2D eigenvalue weighted by Gasteiger charge is 2.44. The number of carbonyl (C=O) groups excluding carboxylic acids is 3. The third-order valence-electron chi connectivity index (χ3n) is 7.26. The number of thiazole rings is 1. The van der Waals surface area contributed by atoms with Gasteiger partial charge in [-0.25, -0.2) is 4.98 Å². The van der Waals surface area contributed by atoms with Crippen molar-refractivity contribution in [3.8, 4) is 10.4 Å². The number of nitrogens with zero attached hydrogens (tertiary/aromatic N) is 3. The molecule has 0 aliphatic carbocycles. The van der Waals surface area contributed by atoms with Crippen LogP contribution in [0.5, 0.6) is 0 Å². The van der Waals surface area contributed by atoms with E-state index in [0.29, 0.717) is 25.1 Å². The van der Waals surface area contributed by atoms with E-state index in [1.807, 2.05) is 69.6 Å². The second-order valence-corrected chi connectivity index (χ2v) is 11.6. The van der Waals surface area contributed by atoms with Gasteiger partial charge in [-0.1, -0.05) is 68.4 Å². The third kappa shape index (κ3) is 6.02. The Morgan fingerprint density at radius 3 is 2.59 bits per heavy atom. The number of amides is 3. The first-order valence-corrected chi connectivity index (χ1v) is 14.5. The number of nitrogens with one attached hydrogen (secondary N) is 1. The standard InChI is InChI=1S/C30H35ClN4O3S/c1-6-8-23-16-35(29(37)25(23)19(4)31)26(18(2)3)30(38)34-14-7-9-24(34)28(36)32-15-21-10-12-22(13-11-21)27-20(5)33-17-39-27/h6,8,10-13,17-18,24,26H,4,7,9,14-16H2,1-3,5H3,(H,32,36)/b8-6-. The molecular weight excluding hydrogens is 532 g/mol. The van der Waals surface area contributed by atoms with Crippen LogP contribution in [0, 0.1) is 12.8 Å². The molecule has 39 heavy (non-hydrogen) atoms. The zero-order chi connectivity index (χ0) is 28.3. The molecule has 2 aliphatic rings. The van der Waals surface area contributed by atoms with E-state index in [2.05, 4.69) is 16.9 Å². The van der Waals surface area contributed by atoms with E-state index in [-0.39, 0.29) is 35.2 Å². The molecule has 0 spiro atoms. The fraction of sp³-hybridized carbons (Fsp3) is 0.400. The van der Waals surface area contributed by atoms with Crippen LogP contribution in [0.4, 0.5) is 0 Å². The maximum Gasteiger partial charge on any atom is 0.256 e. The zero-order valence-electron chi connectivity index (χ0n) is 22.9. The van der Waals surface area contributed by atoms with Crippen molar-refractivity contribution in [1.29, 1.82) is 0 Å². The molecule has 2 atom stereocenters. The Morgan fingerprint density at radius 2 is 2.00 bits per heavy atom. The van der Waals surface area contributed by atoms with Gasteiger partial charge in [0.1, 0.15) is 12.1 Å². The number of rotatable bonds is 9. The van der Waals surface area contributed by atoms with E-state index in [1.54, 1.807) is 21.1 Å². The van der Waals surface area contributed by atoms with Gasteiger partial charge in [0.15, 0.2) is 0 Å². The average molecular weight is 567 g/mol. The number of carbonyl (C=O) groups is 3. The molecule has 3 heterocycles. The number of benzene rings is 1. The Kier molecular flexibility index (Phi) is 9.08. The van der Waals surface area contributed by atoms with Gasteiger partial charge in [0.25, 0.3) is 5.91 Å². The van der Waals surface area contributed by atoms with Crippen LogP contribution < -0.4 is 5.32 Å². The number of halogens is 1. The molecule has 7 nitrogen and oxygen atoms in total. The lowest BCUT2D eigenvalue weighted by molar-refractivity contribution is -0.147. The molecule has 206 valence electrons. The van der Waals surface area contributed by atoms with Crippen LogP contribution in [-0.2, 0) is 20.9 Å². The van der Waals surface area contributed by atoms with Crippen LogP contribution in [0.25, 0.3) is 10.4 Å². The molecule has 0 saturated carbocycles. The van der Waals surface area contributed by atoms with Crippen molar-refractivity contribution in [2.75, 3.05) is 13.1 Å². The minimum Gasteiger partial charge on any atom is -0.350 e. The minimum atomic E-state index is -0.706. The molecule has 1 fully saturated rings. The largest absolute Gasteiger partial charge is 0.350 e. The van der Waals surface area contributed by atoms with Crippen LogP contribution in [0.15, 0.2) is 64.7 Å². The zero-order valence-corrected chi connectivity index (χ0v) is 24.4. The Hall–Kier alpha value is -3.23. The lowest BCUT2D eigenvalue weighted by Gasteiger charge is -2.35. The number of allylic oxidation sites excluding steroid dienone is 1. The van der Waals surface area contributed by atoms with Gasteiger partial charge in [-0.05, 0) is 49.3 Å². The molecule has 2 aliphatic heterocycles. The molecule has 2 unspecified atom stereocenters. The Labute approximate surface area is 239 Å². The van der Waals surface area contributed by atoms with Crippen LogP contribution in [0.2, 0.25) is 0 Å². The van der Waals surface area contributed by atoms with E-state index < -0.39 is 12.1 Å². The summed E-state index contributed by atoms with van der Waals surface area (Å²) in [5, 5.41) is 3.18. The van der Waals surface area contributed by atoms with Gasteiger partial charge in [0, 0.05) is 24.7 Å². The predicted molar refractivity (Wildman–Crippen MR) is 156 cm³/mol. The molecule has 2 aromatic rings. The summed E-state index contributed by atoms with van der Waals surface area (Å²) in [6, 6.07) is 6.79. The quantitative estimate of drug-likeness (QED) is 0.451. The maximum atomic E-state index is 13.9. The van der Waals surface area contributed by atoms with E-state index in [0.717, 1.165) is 33.7 Å². The average Bonchev–Trinajstić information content (AvgIpc) is 3.62. The summed E-state index contributed by atoms with van der Waals surface area (Å²) in [6.07, 6.45) is 5.00. The van der Waals surface area contributed by atoms with Crippen molar-refractivity contribution in [2.24, 2.45) is 5.92 Å². The molecule has 3 amide bonds.